The number of piperazine rings is 1. The van der Waals surface area contributed by atoms with Crippen molar-refractivity contribution in [3.63, 3.8) is 0 Å². The summed E-state index contributed by atoms with van der Waals surface area (Å²) in [6.07, 6.45) is 0.997. The van der Waals surface area contributed by atoms with Crippen LogP contribution in [0, 0.1) is 0 Å². The molecule has 2 aromatic rings. The Bertz CT molecular complexity index is 816. The summed E-state index contributed by atoms with van der Waals surface area (Å²) in [5, 5.41) is 2.90. The molecule has 27 heavy (non-hydrogen) atoms. The van der Waals surface area contributed by atoms with Gasteiger partial charge in [0.15, 0.2) is 0 Å². The molecule has 0 aromatic heterocycles. The number of anilines is 2. The third-order valence-electron chi connectivity index (χ3n) is 5.25. The molecule has 140 valence electrons. The average molecular weight is 364 g/mol. The highest BCUT2D eigenvalue weighted by atomic mass is 16.2. The third-order valence-corrected chi connectivity index (χ3v) is 5.25. The first kappa shape index (κ1) is 17.4. The highest BCUT2D eigenvalue weighted by molar-refractivity contribution is 5.89. The Morgan fingerprint density at radius 2 is 1.48 bits per heavy atom. The molecular formula is C21H24N4O2. The number of fused-ring (bicyclic) bond motifs is 1. The lowest BCUT2D eigenvalue weighted by Crippen LogP contribution is -2.53. The van der Waals surface area contributed by atoms with Crippen molar-refractivity contribution in [1.82, 2.24) is 9.80 Å². The van der Waals surface area contributed by atoms with Crippen molar-refractivity contribution >= 4 is 23.3 Å². The van der Waals surface area contributed by atoms with E-state index in [2.05, 4.69) is 22.3 Å². The van der Waals surface area contributed by atoms with Crippen molar-refractivity contribution in [3.8, 4) is 0 Å². The van der Waals surface area contributed by atoms with Gasteiger partial charge in [0.25, 0.3) is 0 Å². The van der Waals surface area contributed by atoms with Crippen LogP contribution in [0.2, 0.25) is 0 Å². The number of amides is 3. The van der Waals surface area contributed by atoms with Crippen LogP contribution in [-0.4, -0.2) is 61.0 Å². The standard InChI is InChI=1S/C21H24N4O2/c26-20(16-25-11-10-17-6-4-5-9-19(17)25)23-12-14-24(15-13-23)21(27)22-18-7-2-1-3-8-18/h1-9H,10-16H2,(H,22,27). The van der Waals surface area contributed by atoms with Gasteiger partial charge in [0.05, 0.1) is 6.54 Å². The smallest absolute Gasteiger partial charge is 0.321 e. The van der Waals surface area contributed by atoms with E-state index in [9.17, 15) is 9.59 Å². The quantitative estimate of drug-likeness (QED) is 0.910. The Balaban J connectivity index is 1.28. The van der Waals surface area contributed by atoms with Crippen molar-refractivity contribution in [2.45, 2.75) is 6.42 Å². The maximum absolute atomic E-state index is 12.7. The Morgan fingerprint density at radius 1 is 0.815 bits per heavy atom. The van der Waals surface area contributed by atoms with E-state index in [4.69, 9.17) is 0 Å². The van der Waals surface area contributed by atoms with Crippen LogP contribution in [0.1, 0.15) is 5.56 Å². The molecule has 1 N–H and O–H groups in total. The van der Waals surface area contributed by atoms with E-state index in [1.165, 1.54) is 11.3 Å². The third kappa shape index (κ3) is 3.89. The van der Waals surface area contributed by atoms with Crippen molar-refractivity contribution in [2.75, 3.05) is 49.5 Å². The van der Waals surface area contributed by atoms with Crippen LogP contribution in [-0.2, 0) is 11.2 Å². The Kier molecular flexibility index (Phi) is 4.96. The minimum Gasteiger partial charge on any atom is -0.362 e. The summed E-state index contributed by atoms with van der Waals surface area (Å²) in [5.41, 5.74) is 3.27. The molecule has 1 fully saturated rings. The summed E-state index contributed by atoms with van der Waals surface area (Å²) >= 11 is 0. The molecule has 0 saturated carbocycles. The van der Waals surface area contributed by atoms with Crippen LogP contribution >= 0.6 is 0 Å². The van der Waals surface area contributed by atoms with E-state index in [1.807, 2.05) is 47.4 Å². The van der Waals surface area contributed by atoms with Crippen molar-refractivity contribution < 1.29 is 9.59 Å². The SMILES string of the molecule is O=C(CN1CCc2ccccc21)N1CCN(C(=O)Nc2ccccc2)CC1. The van der Waals surface area contributed by atoms with Gasteiger partial charge in [-0.2, -0.15) is 0 Å². The van der Waals surface area contributed by atoms with Crippen molar-refractivity contribution in [1.29, 1.82) is 0 Å². The number of nitrogens with zero attached hydrogens (tertiary/aromatic N) is 3. The number of nitrogens with one attached hydrogen (secondary N) is 1. The predicted molar refractivity (Wildman–Crippen MR) is 106 cm³/mol. The molecular weight excluding hydrogens is 340 g/mol. The molecule has 1 saturated heterocycles. The van der Waals surface area contributed by atoms with Gasteiger partial charge in [-0.1, -0.05) is 36.4 Å². The topological polar surface area (TPSA) is 55.9 Å². The first-order chi connectivity index (χ1) is 13.2. The molecule has 0 bridgehead atoms. The second-order valence-electron chi connectivity index (χ2n) is 6.96. The van der Waals surface area contributed by atoms with Gasteiger partial charge >= 0.3 is 6.03 Å². The molecule has 2 aliphatic rings. The van der Waals surface area contributed by atoms with E-state index in [0.29, 0.717) is 32.7 Å². The highest BCUT2D eigenvalue weighted by Gasteiger charge is 2.27. The van der Waals surface area contributed by atoms with E-state index in [1.54, 1.807) is 4.90 Å². The van der Waals surface area contributed by atoms with Gasteiger partial charge in [-0.05, 0) is 30.2 Å². The first-order valence-corrected chi connectivity index (χ1v) is 9.42. The van der Waals surface area contributed by atoms with Gasteiger partial charge in [0, 0.05) is 44.1 Å². The van der Waals surface area contributed by atoms with Gasteiger partial charge in [-0.3, -0.25) is 4.79 Å². The summed E-state index contributed by atoms with van der Waals surface area (Å²) < 4.78 is 0. The molecule has 0 spiro atoms. The van der Waals surface area contributed by atoms with E-state index in [-0.39, 0.29) is 11.9 Å². The van der Waals surface area contributed by atoms with Gasteiger partial charge in [0.1, 0.15) is 0 Å². The summed E-state index contributed by atoms with van der Waals surface area (Å²) in [4.78, 5) is 30.9. The van der Waals surface area contributed by atoms with Crippen molar-refractivity contribution in [2.24, 2.45) is 0 Å². The number of rotatable bonds is 3. The van der Waals surface area contributed by atoms with E-state index >= 15 is 0 Å². The van der Waals surface area contributed by atoms with Crippen LogP contribution in [0.15, 0.2) is 54.6 Å². The second-order valence-corrected chi connectivity index (χ2v) is 6.96. The fourth-order valence-electron chi connectivity index (χ4n) is 3.72. The number of hydrogen-bond acceptors (Lipinski definition) is 3. The lowest BCUT2D eigenvalue weighted by molar-refractivity contribution is -0.131. The maximum Gasteiger partial charge on any atom is 0.321 e. The second kappa shape index (κ2) is 7.70. The molecule has 0 radical (unpaired) electrons. The van der Waals surface area contributed by atoms with Gasteiger partial charge in [-0.15, -0.1) is 0 Å². The number of carbonyl (C=O) groups excluding carboxylic acids is 2. The van der Waals surface area contributed by atoms with E-state index < -0.39 is 0 Å². The molecule has 4 rings (SSSR count). The molecule has 0 unspecified atom stereocenters. The molecule has 2 aromatic carbocycles. The predicted octanol–water partition coefficient (Wildman–Crippen LogP) is 2.43. The van der Waals surface area contributed by atoms with Crippen LogP contribution in [0.5, 0.6) is 0 Å². The van der Waals surface area contributed by atoms with Crippen LogP contribution in [0.25, 0.3) is 0 Å². The minimum atomic E-state index is -0.109. The number of hydrogen-bond donors (Lipinski definition) is 1. The van der Waals surface area contributed by atoms with Gasteiger partial charge in [0.2, 0.25) is 5.91 Å². The first-order valence-electron chi connectivity index (χ1n) is 9.42. The van der Waals surface area contributed by atoms with Gasteiger partial charge < -0.3 is 20.0 Å². The zero-order valence-corrected chi connectivity index (χ0v) is 15.3. The molecule has 2 aliphatic heterocycles. The summed E-state index contributed by atoms with van der Waals surface area (Å²) in [6, 6.07) is 17.6. The highest BCUT2D eigenvalue weighted by Crippen LogP contribution is 2.27. The Labute approximate surface area is 159 Å². The zero-order chi connectivity index (χ0) is 18.6. The monoisotopic (exact) mass is 364 g/mol. The van der Waals surface area contributed by atoms with Gasteiger partial charge in [-0.25, -0.2) is 4.79 Å². The largest absolute Gasteiger partial charge is 0.362 e. The fourth-order valence-corrected chi connectivity index (χ4v) is 3.72. The van der Waals surface area contributed by atoms with Crippen LogP contribution < -0.4 is 10.2 Å². The zero-order valence-electron chi connectivity index (χ0n) is 15.3. The summed E-state index contributed by atoms with van der Waals surface area (Å²) in [6.45, 7) is 3.58. The number of para-hydroxylation sites is 2. The molecule has 6 nitrogen and oxygen atoms in total. The Hall–Kier alpha value is -3.02. The maximum atomic E-state index is 12.7. The molecule has 0 aliphatic carbocycles. The normalized spacial score (nSPS) is 16.2. The molecule has 6 heteroatoms. The minimum absolute atomic E-state index is 0.109. The molecule has 2 heterocycles. The van der Waals surface area contributed by atoms with E-state index in [0.717, 1.165) is 18.7 Å². The average Bonchev–Trinajstić information content (AvgIpc) is 3.12. The summed E-state index contributed by atoms with van der Waals surface area (Å²) in [7, 11) is 0. The fraction of sp³-hybridized carbons (Fsp3) is 0.333. The number of benzene rings is 2. The van der Waals surface area contributed by atoms with Crippen LogP contribution in [0.4, 0.5) is 16.2 Å². The number of urea groups is 1. The molecule has 3 amide bonds. The molecule has 0 atom stereocenters. The van der Waals surface area contributed by atoms with Crippen LogP contribution in [0.3, 0.4) is 0 Å². The lowest BCUT2D eigenvalue weighted by Gasteiger charge is -2.35. The Morgan fingerprint density at radius 3 is 2.26 bits per heavy atom. The van der Waals surface area contributed by atoms with Crippen molar-refractivity contribution in [3.05, 3.63) is 60.2 Å². The number of carbonyl (C=O) groups is 2. The summed E-state index contributed by atoms with van der Waals surface area (Å²) in [5.74, 6) is 0.134. The lowest BCUT2D eigenvalue weighted by atomic mass is 10.2.